The van der Waals surface area contributed by atoms with Crippen LogP contribution in [0.2, 0.25) is 0 Å². The van der Waals surface area contributed by atoms with Crippen molar-refractivity contribution in [3.63, 3.8) is 0 Å². The van der Waals surface area contributed by atoms with E-state index in [9.17, 15) is 9.59 Å². The predicted octanol–water partition coefficient (Wildman–Crippen LogP) is 4.38. The molecule has 0 spiro atoms. The monoisotopic (exact) mass is 400 g/mol. The standard InChI is InChI=1S/C23H32N2O2S/c1-15(20-3-2-8-28-20)24-21(26)19-4-6-25(7-5-19)22(27)23-12-16-9-17(13-23)11-18(10-16)14-23/h2-3,8,15-19H,4-7,9-14H2,1H3,(H,24,26). The minimum atomic E-state index is -0.0441. The van der Waals surface area contributed by atoms with E-state index >= 15 is 0 Å². The number of likely N-dealkylation sites (tertiary alicyclic amines) is 1. The lowest BCUT2D eigenvalue weighted by Crippen LogP contribution is -2.56. The van der Waals surface area contributed by atoms with E-state index in [0.29, 0.717) is 5.91 Å². The number of carbonyl (C=O) groups excluding carboxylic acids is 2. The lowest BCUT2D eigenvalue weighted by atomic mass is 9.49. The molecule has 5 fully saturated rings. The summed E-state index contributed by atoms with van der Waals surface area (Å²) in [5.74, 6) is 3.04. The van der Waals surface area contributed by atoms with Crippen molar-refractivity contribution in [2.75, 3.05) is 13.1 Å². The van der Waals surface area contributed by atoms with Crippen LogP contribution in [-0.2, 0) is 9.59 Å². The SMILES string of the molecule is CC(NC(=O)C1CCN(C(=O)C23CC4CC(CC(C4)C2)C3)CC1)c1cccs1. The molecule has 5 heteroatoms. The number of nitrogens with zero attached hydrogens (tertiary/aromatic N) is 1. The molecule has 4 nitrogen and oxygen atoms in total. The zero-order valence-electron chi connectivity index (χ0n) is 16.9. The summed E-state index contributed by atoms with van der Waals surface area (Å²) >= 11 is 1.68. The number of nitrogens with one attached hydrogen (secondary N) is 1. The highest BCUT2D eigenvalue weighted by Gasteiger charge is 2.55. The molecule has 152 valence electrons. The molecule has 1 atom stereocenters. The van der Waals surface area contributed by atoms with Gasteiger partial charge in [-0.05, 0) is 87.5 Å². The van der Waals surface area contributed by atoms with Crippen molar-refractivity contribution in [2.45, 2.75) is 64.3 Å². The van der Waals surface area contributed by atoms with Gasteiger partial charge >= 0.3 is 0 Å². The molecule has 4 aliphatic carbocycles. The summed E-state index contributed by atoms with van der Waals surface area (Å²) < 4.78 is 0. The summed E-state index contributed by atoms with van der Waals surface area (Å²) in [6, 6.07) is 4.17. The zero-order chi connectivity index (χ0) is 19.3. The Morgan fingerprint density at radius 1 is 1.11 bits per heavy atom. The van der Waals surface area contributed by atoms with Crippen LogP contribution in [0.5, 0.6) is 0 Å². The average molecular weight is 401 g/mol. The van der Waals surface area contributed by atoms with Crippen LogP contribution in [-0.4, -0.2) is 29.8 Å². The van der Waals surface area contributed by atoms with Gasteiger partial charge in [-0.15, -0.1) is 11.3 Å². The predicted molar refractivity (Wildman–Crippen MR) is 111 cm³/mol. The van der Waals surface area contributed by atoms with Crippen molar-refractivity contribution < 1.29 is 9.59 Å². The zero-order valence-corrected chi connectivity index (χ0v) is 17.7. The van der Waals surface area contributed by atoms with Crippen molar-refractivity contribution >= 4 is 23.2 Å². The third-order valence-corrected chi connectivity index (χ3v) is 9.03. The van der Waals surface area contributed by atoms with Gasteiger partial charge < -0.3 is 10.2 Å². The van der Waals surface area contributed by atoms with Gasteiger partial charge in [0.1, 0.15) is 0 Å². The highest BCUT2D eigenvalue weighted by Crippen LogP contribution is 2.60. The second-order valence-corrected chi connectivity index (χ2v) is 11.0. The van der Waals surface area contributed by atoms with Crippen LogP contribution in [0.4, 0.5) is 0 Å². The highest BCUT2D eigenvalue weighted by atomic mass is 32.1. The Balaban J connectivity index is 1.17. The molecule has 1 unspecified atom stereocenters. The number of piperidine rings is 1. The first-order valence-corrected chi connectivity index (χ1v) is 12.0. The molecule has 2 heterocycles. The topological polar surface area (TPSA) is 49.4 Å². The van der Waals surface area contributed by atoms with Crippen molar-refractivity contribution in [1.29, 1.82) is 0 Å². The smallest absolute Gasteiger partial charge is 0.228 e. The van der Waals surface area contributed by atoms with Gasteiger partial charge in [-0.3, -0.25) is 9.59 Å². The number of carbonyl (C=O) groups is 2. The molecule has 2 amide bonds. The summed E-state index contributed by atoms with van der Waals surface area (Å²) in [4.78, 5) is 29.5. The Morgan fingerprint density at radius 3 is 2.25 bits per heavy atom. The Labute approximate surface area is 172 Å². The van der Waals surface area contributed by atoms with Gasteiger partial charge in [0.25, 0.3) is 0 Å². The van der Waals surface area contributed by atoms with E-state index in [1.165, 1.54) is 24.1 Å². The largest absolute Gasteiger partial charge is 0.349 e. The molecule has 0 radical (unpaired) electrons. The van der Waals surface area contributed by atoms with Gasteiger partial charge in [0.05, 0.1) is 11.5 Å². The fraction of sp³-hybridized carbons (Fsp3) is 0.739. The van der Waals surface area contributed by atoms with E-state index in [-0.39, 0.29) is 23.3 Å². The third-order valence-electron chi connectivity index (χ3n) is 7.97. The maximum atomic E-state index is 13.5. The van der Waals surface area contributed by atoms with Crippen LogP contribution in [0.3, 0.4) is 0 Å². The molecule has 1 N–H and O–H groups in total. The molecule has 5 aliphatic rings. The summed E-state index contributed by atoms with van der Waals surface area (Å²) in [5, 5.41) is 5.22. The molecule has 28 heavy (non-hydrogen) atoms. The van der Waals surface area contributed by atoms with Crippen molar-refractivity contribution in [3.8, 4) is 0 Å². The number of amides is 2. The Morgan fingerprint density at radius 2 is 1.71 bits per heavy atom. The number of thiophene rings is 1. The molecule has 0 aromatic carbocycles. The fourth-order valence-corrected chi connectivity index (χ4v) is 7.73. The highest BCUT2D eigenvalue weighted by molar-refractivity contribution is 7.10. The molecular weight excluding hydrogens is 368 g/mol. The Bertz CT molecular complexity index is 701. The van der Waals surface area contributed by atoms with E-state index in [2.05, 4.69) is 23.2 Å². The van der Waals surface area contributed by atoms with Crippen molar-refractivity contribution in [1.82, 2.24) is 10.2 Å². The second kappa shape index (κ2) is 7.16. The number of rotatable bonds is 4. The molecule has 1 aliphatic heterocycles. The molecule has 6 rings (SSSR count). The van der Waals surface area contributed by atoms with Crippen molar-refractivity contribution in [3.05, 3.63) is 22.4 Å². The Hall–Kier alpha value is -1.36. The first kappa shape index (κ1) is 18.7. The average Bonchev–Trinajstić information content (AvgIpc) is 3.21. The van der Waals surface area contributed by atoms with E-state index in [0.717, 1.165) is 62.9 Å². The molecule has 4 bridgehead atoms. The van der Waals surface area contributed by atoms with Gasteiger partial charge in [0.15, 0.2) is 0 Å². The lowest BCUT2D eigenvalue weighted by molar-refractivity contribution is -0.159. The van der Waals surface area contributed by atoms with Crippen LogP contribution in [0.15, 0.2) is 17.5 Å². The summed E-state index contributed by atoms with van der Waals surface area (Å²) in [5.41, 5.74) is -0.0441. The molecule has 1 saturated heterocycles. The summed E-state index contributed by atoms with van der Waals surface area (Å²) in [6.45, 7) is 3.56. The van der Waals surface area contributed by atoms with Crippen LogP contribution in [0.1, 0.15) is 69.2 Å². The van der Waals surface area contributed by atoms with Gasteiger partial charge in [-0.25, -0.2) is 0 Å². The van der Waals surface area contributed by atoms with E-state index < -0.39 is 0 Å². The quantitative estimate of drug-likeness (QED) is 0.815. The van der Waals surface area contributed by atoms with E-state index in [1.807, 2.05) is 11.4 Å². The second-order valence-electron chi connectivity index (χ2n) is 10.0. The first-order chi connectivity index (χ1) is 13.5. The minimum absolute atomic E-state index is 0.0441. The molecule has 4 saturated carbocycles. The fourth-order valence-electron chi connectivity index (χ4n) is 6.99. The summed E-state index contributed by atoms with van der Waals surface area (Å²) in [6.07, 6.45) is 9.14. The maximum Gasteiger partial charge on any atom is 0.228 e. The van der Waals surface area contributed by atoms with Crippen LogP contribution in [0, 0.1) is 29.1 Å². The van der Waals surface area contributed by atoms with Crippen LogP contribution in [0.25, 0.3) is 0 Å². The van der Waals surface area contributed by atoms with Crippen LogP contribution >= 0.6 is 11.3 Å². The third kappa shape index (κ3) is 3.30. The van der Waals surface area contributed by atoms with Gasteiger partial charge in [0.2, 0.25) is 11.8 Å². The number of hydrogen-bond donors (Lipinski definition) is 1. The summed E-state index contributed by atoms with van der Waals surface area (Å²) in [7, 11) is 0. The van der Waals surface area contributed by atoms with E-state index in [1.54, 1.807) is 11.3 Å². The molecule has 1 aromatic heterocycles. The van der Waals surface area contributed by atoms with Gasteiger partial charge in [-0.1, -0.05) is 6.07 Å². The number of hydrogen-bond acceptors (Lipinski definition) is 3. The Kier molecular flexibility index (Phi) is 4.77. The van der Waals surface area contributed by atoms with E-state index in [4.69, 9.17) is 0 Å². The normalized spacial score (nSPS) is 35.8. The molecular formula is C23H32N2O2S. The van der Waals surface area contributed by atoms with Crippen LogP contribution < -0.4 is 5.32 Å². The first-order valence-electron chi connectivity index (χ1n) is 11.2. The maximum absolute atomic E-state index is 13.5. The molecule has 1 aromatic rings. The van der Waals surface area contributed by atoms with Gasteiger partial charge in [0, 0.05) is 23.9 Å². The minimum Gasteiger partial charge on any atom is -0.349 e. The lowest BCUT2D eigenvalue weighted by Gasteiger charge is -2.57. The van der Waals surface area contributed by atoms with Gasteiger partial charge in [-0.2, -0.15) is 0 Å². The van der Waals surface area contributed by atoms with Crippen molar-refractivity contribution in [2.24, 2.45) is 29.1 Å².